The third kappa shape index (κ3) is 3.41. The molecule has 1 aromatic heterocycles. The van der Waals surface area contributed by atoms with Crippen LogP contribution in [0.3, 0.4) is 0 Å². The molecule has 0 unspecified atom stereocenters. The van der Waals surface area contributed by atoms with E-state index >= 15 is 0 Å². The molecule has 2 saturated carbocycles. The van der Waals surface area contributed by atoms with Gasteiger partial charge in [-0.3, -0.25) is 0 Å². The second kappa shape index (κ2) is 7.72. The van der Waals surface area contributed by atoms with Gasteiger partial charge in [-0.05, 0) is 91.8 Å². The van der Waals surface area contributed by atoms with Gasteiger partial charge in [0, 0.05) is 30.0 Å². The van der Waals surface area contributed by atoms with Gasteiger partial charge >= 0.3 is 0 Å². The molecule has 0 amide bonds. The highest BCUT2D eigenvalue weighted by atomic mass is 32.2. The van der Waals surface area contributed by atoms with E-state index in [0.29, 0.717) is 18.4 Å². The maximum Gasteiger partial charge on any atom is 0.280 e. The van der Waals surface area contributed by atoms with Crippen molar-refractivity contribution in [3.05, 3.63) is 71.9 Å². The number of rotatable bonds is 3. The van der Waals surface area contributed by atoms with E-state index < -0.39 is 10.2 Å². The van der Waals surface area contributed by atoms with Crippen LogP contribution in [0.15, 0.2) is 55.0 Å². The Bertz CT molecular complexity index is 1400. The second-order valence-electron chi connectivity index (χ2n) is 10.8. The molecule has 2 heterocycles. The molecule has 3 fully saturated rings. The van der Waals surface area contributed by atoms with Gasteiger partial charge in [0.1, 0.15) is 5.82 Å². The van der Waals surface area contributed by atoms with Crippen molar-refractivity contribution in [2.75, 3.05) is 6.54 Å². The first-order chi connectivity index (χ1) is 16.9. The predicted molar refractivity (Wildman–Crippen MR) is 132 cm³/mol. The third-order valence-electron chi connectivity index (χ3n) is 8.99. The summed E-state index contributed by atoms with van der Waals surface area (Å²) in [5, 5.41) is 0. The summed E-state index contributed by atoms with van der Waals surface area (Å²) in [6.45, 7) is 0.623. The van der Waals surface area contributed by atoms with Gasteiger partial charge in [0.15, 0.2) is 0 Å². The maximum atomic E-state index is 13.3. The van der Waals surface area contributed by atoms with Gasteiger partial charge in [0.25, 0.3) is 10.2 Å². The zero-order valence-corrected chi connectivity index (χ0v) is 20.3. The summed E-state index contributed by atoms with van der Waals surface area (Å²) in [6, 6.07) is 13.1. The van der Waals surface area contributed by atoms with Crippen molar-refractivity contribution < 1.29 is 12.8 Å². The van der Waals surface area contributed by atoms with Gasteiger partial charge in [-0.2, -0.15) is 17.4 Å². The van der Waals surface area contributed by atoms with Gasteiger partial charge in [-0.1, -0.05) is 18.6 Å². The molecular weight excluding hydrogens is 463 g/mol. The van der Waals surface area contributed by atoms with Gasteiger partial charge < -0.3 is 4.57 Å². The standard InChI is InChI=1S/C27H29FN4O2S/c28-23-8-10-24(11-9-23)31-15-26(29-17-31)19-5-4-18-13-21-6-7-22(14-20(18)12-19)27(21)16-32(25-2-1-3-25)35(33,34)30-27/h4-5,8-12,15,17,21-22,25,30H,1-3,6-7,13-14,16H2/t21-,22+,27+/m0/s1. The molecule has 0 radical (unpaired) electrons. The number of nitrogens with one attached hydrogen (secondary N) is 1. The van der Waals surface area contributed by atoms with Gasteiger partial charge in [-0.25, -0.2) is 9.37 Å². The smallest absolute Gasteiger partial charge is 0.280 e. The lowest BCUT2D eigenvalue weighted by atomic mass is 9.79. The van der Waals surface area contributed by atoms with Crippen molar-refractivity contribution in [2.24, 2.45) is 11.8 Å². The van der Waals surface area contributed by atoms with E-state index in [0.717, 1.165) is 61.9 Å². The van der Waals surface area contributed by atoms with E-state index in [1.807, 2.05) is 10.8 Å². The summed E-state index contributed by atoms with van der Waals surface area (Å²) >= 11 is 0. The lowest BCUT2D eigenvalue weighted by molar-refractivity contribution is 0.162. The number of hydrogen-bond acceptors (Lipinski definition) is 3. The lowest BCUT2D eigenvalue weighted by Gasteiger charge is -2.36. The number of halogens is 1. The number of imidazole rings is 1. The van der Waals surface area contributed by atoms with Crippen LogP contribution in [0.5, 0.6) is 0 Å². The molecule has 3 aromatic rings. The summed E-state index contributed by atoms with van der Waals surface area (Å²) in [7, 11) is -3.41. The molecule has 8 heteroatoms. The maximum absolute atomic E-state index is 13.3. The van der Waals surface area contributed by atoms with Crippen molar-refractivity contribution in [3.8, 4) is 16.9 Å². The predicted octanol–water partition coefficient (Wildman–Crippen LogP) is 4.24. The van der Waals surface area contributed by atoms with E-state index in [1.165, 1.54) is 23.3 Å². The van der Waals surface area contributed by atoms with Crippen LogP contribution in [-0.2, 0) is 23.1 Å². The van der Waals surface area contributed by atoms with E-state index in [2.05, 4.69) is 27.9 Å². The van der Waals surface area contributed by atoms with Crippen molar-refractivity contribution in [1.82, 2.24) is 18.6 Å². The van der Waals surface area contributed by atoms with Crippen LogP contribution in [0.2, 0.25) is 0 Å². The van der Waals surface area contributed by atoms with E-state index in [1.54, 1.807) is 22.8 Å². The SMILES string of the molecule is O=S1(=O)N[C@@]2(CN1C1CCC1)[C@@H]1CC[C@H]2Cc2ccc(-c3cn(-c4ccc(F)cc4)cn3)cc2C1. The van der Waals surface area contributed by atoms with E-state index in [4.69, 9.17) is 0 Å². The Kier molecular flexibility index (Phi) is 4.79. The number of nitrogens with zero attached hydrogens (tertiary/aromatic N) is 3. The molecular formula is C27H29FN4O2S. The quantitative estimate of drug-likeness (QED) is 0.595. The van der Waals surface area contributed by atoms with Gasteiger partial charge in [-0.15, -0.1) is 0 Å². The topological polar surface area (TPSA) is 67.2 Å². The van der Waals surface area contributed by atoms with Crippen molar-refractivity contribution in [2.45, 2.75) is 56.5 Å². The number of aromatic nitrogens is 2. The van der Waals surface area contributed by atoms with E-state index in [-0.39, 0.29) is 17.4 Å². The monoisotopic (exact) mass is 492 g/mol. The molecule has 6 nitrogen and oxygen atoms in total. The first kappa shape index (κ1) is 21.7. The summed E-state index contributed by atoms with van der Waals surface area (Å²) < 4.78 is 46.5. The van der Waals surface area contributed by atoms with Crippen LogP contribution in [0.1, 0.15) is 43.2 Å². The number of hydrogen-bond donors (Lipinski definition) is 1. The first-order valence-electron chi connectivity index (χ1n) is 12.6. The fourth-order valence-electron chi connectivity index (χ4n) is 6.85. The Balaban J connectivity index is 1.19. The molecule has 3 aliphatic carbocycles. The van der Waals surface area contributed by atoms with Crippen molar-refractivity contribution >= 4 is 10.2 Å². The fraction of sp³-hybridized carbons (Fsp3) is 0.444. The highest BCUT2D eigenvalue weighted by molar-refractivity contribution is 7.87. The normalized spacial score (nSPS) is 29.7. The molecule has 2 aromatic carbocycles. The first-order valence-corrected chi connectivity index (χ1v) is 14.1. The Hall–Kier alpha value is -2.55. The Morgan fingerprint density at radius 1 is 0.971 bits per heavy atom. The van der Waals surface area contributed by atoms with Crippen LogP contribution in [0.4, 0.5) is 4.39 Å². The van der Waals surface area contributed by atoms with Crippen LogP contribution < -0.4 is 4.72 Å². The summed E-state index contributed by atoms with van der Waals surface area (Å²) in [6.07, 6.45) is 10.8. The van der Waals surface area contributed by atoms with E-state index in [9.17, 15) is 12.8 Å². The van der Waals surface area contributed by atoms with Crippen molar-refractivity contribution in [1.29, 1.82) is 0 Å². The largest absolute Gasteiger partial charge is 0.306 e. The summed E-state index contributed by atoms with van der Waals surface area (Å²) in [5.41, 5.74) is 5.09. The van der Waals surface area contributed by atoms with Crippen LogP contribution in [0, 0.1) is 17.7 Å². The minimum atomic E-state index is -3.41. The highest BCUT2D eigenvalue weighted by Gasteiger charge is 2.60. The fourth-order valence-corrected chi connectivity index (χ4v) is 8.83. The minimum absolute atomic E-state index is 0.180. The molecule has 1 N–H and O–H groups in total. The number of fused-ring (bicyclic) bond motifs is 1. The minimum Gasteiger partial charge on any atom is -0.306 e. The Morgan fingerprint density at radius 2 is 1.71 bits per heavy atom. The zero-order chi connectivity index (χ0) is 23.8. The molecule has 7 rings (SSSR count). The van der Waals surface area contributed by atoms with Crippen LogP contribution in [-0.4, -0.2) is 40.4 Å². The van der Waals surface area contributed by atoms with Crippen molar-refractivity contribution in [3.63, 3.8) is 0 Å². The van der Waals surface area contributed by atoms with Gasteiger partial charge in [0.05, 0.1) is 17.6 Å². The van der Waals surface area contributed by atoms with Crippen LogP contribution in [0.25, 0.3) is 16.9 Å². The summed E-state index contributed by atoms with van der Waals surface area (Å²) in [4.78, 5) is 4.61. The molecule has 1 spiro atoms. The second-order valence-corrected chi connectivity index (χ2v) is 12.4. The zero-order valence-electron chi connectivity index (χ0n) is 19.5. The number of benzene rings is 2. The molecule has 4 aliphatic rings. The summed E-state index contributed by atoms with van der Waals surface area (Å²) in [5.74, 6) is 0.380. The Labute approximate surface area is 205 Å². The Morgan fingerprint density at radius 3 is 2.43 bits per heavy atom. The molecule has 182 valence electrons. The average molecular weight is 493 g/mol. The molecule has 35 heavy (non-hydrogen) atoms. The molecule has 1 aliphatic heterocycles. The average Bonchev–Trinajstić information content (AvgIpc) is 3.43. The molecule has 2 bridgehead atoms. The highest BCUT2D eigenvalue weighted by Crippen LogP contribution is 2.51. The van der Waals surface area contributed by atoms with Crippen LogP contribution >= 0.6 is 0 Å². The third-order valence-corrected chi connectivity index (χ3v) is 10.7. The molecule has 3 atom stereocenters. The van der Waals surface area contributed by atoms with Gasteiger partial charge in [0.2, 0.25) is 0 Å². The lowest BCUT2D eigenvalue weighted by Crippen LogP contribution is -2.52. The molecule has 1 saturated heterocycles.